The molecule has 76 valence electrons. The van der Waals surface area contributed by atoms with Crippen LogP contribution < -0.4 is 0 Å². The molecule has 0 bridgehead atoms. The average Bonchev–Trinajstić information content (AvgIpc) is 2.45. The van der Waals surface area contributed by atoms with E-state index in [4.69, 9.17) is 5.11 Å². The Morgan fingerprint density at radius 1 is 1.69 bits per heavy atom. The minimum absolute atomic E-state index is 0.293. The molecule has 0 aromatic rings. The molecule has 13 heavy (non-hydrogen) atoms. The standard InChI is InChI=1S/C7H14N2O4/c1-5(11)9-6(7(12)4-10)2-3-8(9)13/h6-7,10,12-13H,2-4H2,1H3/t6-,7+/m0/s1. The van der Waals surface area contributed by atoms with Gasteiger partial charge in [-0.05, 0) is 6.42 Å². The van der Waals surface area contributed by atoms with Crippen molar-refractivity contribution < 1.29 is 20.2 Å². The molecule has 0 aromatic carbocycles. The normalized spacial score (nSPS) is 26.5. The fourth-order valence-corrected chi connectivity index (χ4v) is 1.52. The number of nitrogens with zero attached hydrogens (tertiary/aromatic N) is 2. The molecule has 0 radical (unpaired) electrons. The second-order valence-corrected chi connectivity index (χ2v) is 3.07. The van der Waals surface area contributed by atoms with Crippen molar-refractivity contribution in [2.24, 2.45) is 0 Å². The lowest BCUT2D eigenvalue weighted by Gasteiger charge is -2.28. The molecule has 2 atom stereocenters. The Morgan fingerprint density at radius 3 is 2.77 bits per heavy atom. The Hall–Kier alpha value is -0.690. The van der Waals surface area contributed by atoms with E-state index in [9.17, 15) is 15.1 Å². The molecule has 0 saturated carbocycles. The number of hydrogen-bond donors (Lipinski definition) is 3. The van der Waals surface area contributed by atoms with Crippen LogP contribution in [0.4, 0.5) is 0 Å². The number of hydrazine groups is 1. The van der Waals surface area contributed by atoms with Crippen LogP contribution in [0.3, 0.4) is 0 Å². The predicted molar refractivity (Wildman–Crippen MR) is 42.5 cm³/mol. The van der Waals surface area contributed by atoms with Crippen molar-refractivity contribution in [1.29, 1.82) is 0 Å². The first-order valence-corrected chi connectivity index (χ1v) is 4.13. The van der Waals surface area contributed by atoms with E-state index in [0.29, 0.717) is 13.0 Å². The second kappa shape index (κ2) is 4.01. The molecule has 0 aliphatic carbocycles. The topological polar surface area (TPSA) is 84.2 Å². The lowest BCUT2D eigenvalue weighted by molar-refractivity contribution is -0.231. The summed E-state index contributed by atoms with van der Waals surface area (Å²) in [5.41, 5.74) is 0. The van der Waals surface area contributed by atoms with Gasteiger partial charge in [-0.2, -0.15) is 0 Å². The molecule has 1 rings (SSSR count). The first-order chi connectivity index (χ1) is 6.07. The van der Waals surface area contributed by atoms with E-state index in [2.05, 4.69) is 0 Å². The molecular formula is C7H14N2O4. The van der Waals surface area contributed by atoms with Crippen molar-refractivity contribution in [3.05, 3.63) is 0 Å². The van der Waals surface area contributed by atoms with Crippen molar-refractivity contribution in [2.75, 3.05) is 13.2 Å². The number of amides is 1. The summed E-state index contributed by atoms with van der Waals surface area (Å²) in [4.78, 5) is 11.0. The third-order valence-electron chi connectivity index (χ3n) is 2.14. The maximum atomic E-state index is 11.0. The maximum absolute atomic E-state index is 11.0. The van der Waals surface area contributed by atoms with Crippen LogP contribution in [0.15, 0.2) is 0 Å². The molecule has 0 aromatic heterocycles. The van der Waals surface area contributed by atoms with E-state index in [1.54, 1.807) is 0 Å². The van der Waals surface area contributed by atoms with Gasteiger partial charge in [0.1, 0.15) is 0 Å². The molecule has 0 unspecified atom stereocenters. The van der Waals surface area contributed by atoms with Crippen molar-refractivity contribution in [2.45, 2.75) is 25.5 Å². The van der Waals surface area contributed by atoms with E-state index in [0.717, 1.165) is 10.2 Å². The highest BCUT2D eigenvalue weighted by atomic mass is 16.6. The molecule has 1 saturated heterocycles. The molecule has 1 fully saturated rings. The van der Waals surface area contributed by atoms with Crippen molar-refractivity contribution in [3.63, 3.8) is 0 Å². The molecule has 0 spiro atoms. The summed E-state index contributed by atoms with van der Waals surface area (Å²) in [5, 5.41) is 29.1. The molecule has 3 N–H and O–H groups in total. The van der Waals surface area contributed by atoms with Gasteiger partial charge in [-0.15, -0.1) is 0 Å². The van der Waals surface area contributed by atoms with Gasteiger partial charge in [-0.25, -0.2) is 5.01 Å². The maximum Gasteiger partial charge on any atom is 0.235 e. The largest absolute Gasteiger partial charge is 0.394 e. The summed E-state index contributed by atoms with van der Waals surface area (Å²) in [6.07, 6.45) is -0.543. The van der Waals surface area contributed by atoms with Gasteiger partial charge in [0.25, 0.3) is 0 Å². The molecule has 1 amide bonds. The number of carbonyl (C=O) groups is 1. The molecule has 1 heterocycles. The number of hydroxylamine groups is 1. The smallest absolute Gasteiger partial charge is 0.235 e. The van der Waals surface area contributed by atoms with E-state index >= 15 is 0 Å². The first-order valence-electron chi connectivity index (χ1n) is 4.13. The van der Waals surface area contributed by atoms with Crippen molar-refractivity contribution >= 4 is 5.91 Å². The Kier molecular flexibility index (Phi) is 3.21. The van der Waals surface area contributed by atoms with E-state index in [1.807, 2.05) is 0 Å². The van der Waals surface area contributed by atoms with Gasteiger partial charge < -0.3 is 10.2 Å². The summed E-state index contributed by atoms with van der Waals surface area (Å²) < 4.78 is 0. The number of carbonyl (C=O) groups excluding carboxylic acids is 1. The number of hydrogen-bond acceptors (Lipinski definition) is 5. The molecule has 6 heteroatoms. The van der Waals surface area contributed by atoms with Gasteiger partial charge in [0.05, 0.1) is 18.8 Å². The van der Waals surface area contributed by atoms with Crippen LogP contribution >= 0.6 is 0 Å². The number of aliphatic hydroxyl groups is 2. The first kappa shape index (κ1) is 10.4. The second-order valence-electron chi connectivity index (χ2n) is 3.07. The van der Waals surface area contributed by atoms with Crippen LogP contribution in [-0.4, -0.2) is 56.8 Å². The molecule has 6 nitrogen and oxygen atoms in total. The van der Waals surface area contributed by atoms with E-state index in [1.165, 1.54) is 6.92 Å². The van der Waals surface area contributed by atoms with Crippen LogP contribution in [0.5, 0.6) is 0 Å². The predicted octanol–water partition coefficient (Wildman–Crippen LogP) is -1.43. The number of aliphatic hydroxyl groups excluding tert-OH is 2. The van der Waals surface area contributed by atoms with Gasteiger partial charge in [0, 0.05) is 13.5 Å². The minimum atomic E-state index is -0.999. The monoisotopic (exact) mass is 190 g/mol. The highest BCUT2D eigenvalue weighted by molar-refractivity contribution is 5.73. The minimum Gasteiger partial charge on any atom is -0.394 e. The Morgan fingerprint density at radius 2 is 2.31 bits per heavy atom. The van der Waals surface area contributed by atoms with Gasteiger partial charge in [0.15, 0.2) is 0 Å². The van der Waals surface area contributed by atoms with Gasteiger partial charge in [-0.1, -0.05) is 5.17 Å². The van der Waals surface area contributed by atoms with Gasteiger partial charge >= 0.3 is 0 Å². The fraction of sp³-hybridized carbons (Fsp3) is 0.857. The van der Waals surface area contributed by atoms with Gasteiger partial charge in [0.2, 0.25) is 5.91 Å². The Bertz CT molecular complexity index is 199. The molecule has 1 aliphatic rings. The van der Waals surface area contributed by atoms with Gasteiger partial charge in [-0.3, -0.25) is 10.0 Å². The highest BCUT2D eigenvalue weighted by Gasteiger charge is 2.37. The van der Waals surface area contributed by atoms with E-state index < -0.39 is 18.8 Å². The third kappa shape index (κ3) is 1.97. The quantitative estimate of drug-likeness (QED) is 0.497. The summed E-state index contributed by atoms with van der Waals surface area (Å²) >= 11 is 0. The lowest BCUT2D eigenvalue weighted by atomic mass is 10.1. The Labute approximate surface area is 75.9 Å². The molecule has 1 aliphatic heterocycles. The average molecular weight is 190 g/mol. The third-order valence-corrected chi connectivity index (χ3v) is 2.14. The number of rotatable bonds is 2. The zero-order valence-corrected chi connectivity index (χ0v) is 7.42. The summed E-state index contributed by atoms with van der Waals surface area (Å²) in [5.74, 6) is -0.350. The SMILES string of the molecule is CC(=O)N1[C@H]([C@H](O)CO)CCN1O. The van der Waals surface area contributed by atoms with Crippen LogP contribution in [0.25, 0.3) is 0 Å². The summed E-state index contributed by atoms with van der Waals surface area (Å²) in [7, 11) is 0. The fourth-order valence-electron chi connectivity index (χ4n) is 1.52. The van der Waals surface area contributed by atoms with Crippen molar-refractivity contribution in [1.82, 2.24) is 10.2 Å². The summed E-state index contributed by atoms with van der Waals surface area (Å²) in [6.45, 7) is 1.18. The zero-order chi connectivity index (χ0) is 10.0. The highest BCUT2D eigenvalue weighted by Crippen LogP contribution is 2.19. The zero-order valence-electron chi connectivity index (χ0n) is 7.42. The van der Waals surface area contributed by atoms with Crippen LogP contribution in [0.2, 0.25) is 0 Å². The Balaban J connectivity index is 2.69. The van der Waals surface area contributed by atoms with E-state index in [-0.39, 0.29) is 5.91 Å². The van der Waals surface area contributed by atoms with Crippen molar-refractivity contribution in [3.8, 4) is 0 Å². The van der Waals surface area contributed by atoms with Crippen LogP contribution in [0.1, 0.15) is 13.3 Å². The van der Waals surface area contributed by atoms with Crippen LogP contribution in [-0.2, 0) is 4.79 Å². The lowest BCUT2D eigenvalue weighted by Crippen LogP contribution is -2.48. The summed E-state index contributed by atoms with van der Waals surface area (Å²) in [6, 6.07) is -0.521. The van der Waals surface area contributed by atoms with Crippen LogP contribution in [0, 0.1) is 0 Å². The molecular weight excluding hydrogens is 176 g/mol.